The first-order valence-electron chi connectivity index (χ1n) is 3.63. The van der Waals surface area contributed by atoms with Gasteiger partial charge >= 0.3 is 5.97 Å². The van der Waals surface area contributed by atoms with E-state index in [1.54, 1.807) is 0 Å². The number of hydrogen-bond acceptors (Lipinski definition) is 3. The number of carbonyl (C=O) groups excluding carboxylic acids is 1. The Morgan fingerprint density at radius 1 is 1.10 bits per heavy atom. The molecule has 58 valence electrons. The summed E-state index contributed by atoms with van der Waals surface area (Å²) >= 11 is 0. The summed E-state index contributed by atoms with van der Waals surface area (Å²) in [7, 11) is 0. The van der Waals surface area contributed by atoms with Gasteiger partial charge in [0.05, 0.1) is 6.61 Å². The number of cyclic esters (lactones) is 1. The second kappa shape index (κ2) is 4.28. The van der Waals surface area contributed by atoms with Gasteiger partial charge in [-0.3, -0.25) is 4.79 Å². The van der Waals surface area contributed by atoms with Crippen molar-refractivity contribution in [1.29, 1.82) is 0 Å². The summed E-state index contributed by atoms with van der Waals surface area (Å²) in [5.41, 5.74) is 0. The highest BCUT2D eigenvalue weighted by Gasteiger charge is 2.04. The Labute approximate surface area is 60.3 Å². The maximum Gasteiger partial charge on any atom is 0.305 e. The number of hydrogen-bond donors (Lipinski definition) is 0. The van der Waals surface area contributed by atoms with Crippen LogP contribution in [0.5, 0.6) is 0 Å². The van der Waals surface area contributed by atoms with Crippen LogP contribution >= 0.6 is 0 Å². The van der Waals surface area contributed by atoms with Crippen molar-refractivity contribution in [1.82, 2.24) is 0 Å². The largest absolute Gasteiger partial charge is 0.463 e. The van der Waals surface area contributed by atoms with E-state index in [9.17, 15) is 4.79 Å². The molecule has 0 amide bonds. The van der Waals surface area contributed by atoms with Crippen LogP contribution in [0.4, 0.5) is 0 Å². The molecule has 1 saturated heterocycles. The standard InChI is InChI=1S/C7H12O3/c8-7-3-1-2-4-9-5-6-10-7/h1-6H2. The molecule has 1 rings (SSSR count). The summed E-state index contributed by atoms with van der Waals surface area (Å²) in [5.74, 6) is -0.0921. The number of carbonyl (C=O) groups is 1. The van der Waals surface area contributed by atoms with Gasteiger partial charge in [0.1, 0.15) is 6.61 Å². The molecule has 0 aromatic heterocycles. The molecule has 0 aliphatic carbocycles. The van der Waals surface area contributed by atoms with Crippen LogP contribution in [0.3, 0.4) is 0 Å². The normalized spacial score (nSPS) is 22.2. The molecule has 3 nitrogen and oxygen atoms in total. The summed E-state index contributed by atoms with van der Waals surface area (Å²) in [5, 5.41) is 0. The topological polar surface area (TPSA) is 35.5 Å². The van der Waals surface area contributed by atoms with Gasteiger partial charge in [-0.25, -0.2) is 0 Å². The van der Waals surface area contributed by atoms with Gasteiger partial charge in [0.15, 0.2) is 0 Å². The van der Waals surface area contributed by atoms with Crippen LogP contribution in [0.2, 0.25) is 0 Å². The van der Waals surface area contributed by atoms with Crippen LogP contribution < -0.4 is 0 Å². The molecule has 0 unspecified atom stereocenters. The molecular weight excluding hydrogens is 132 g/mol. The Morgan fingerprint density at radius 2 is 2.00 bits per heavy atom. The summed E-state index contributed by atoms with van der Waals surface area (Å²) in [4.78, 5) is 10.7. The third kappa shape index (κ3) is 2.82. The lowest BCUT2D eigenvalue weighted by Crippen LogP contribution is -2.07. The zero-order valence-electron chi connectivity index (χ0n) is 5.97. The summed E-state index contributed by atoms with van der Waals surface area (Å²) in [6.07, 6.45) is 2.40. The van der Waals surface area contributed by atoms with E-state index < -0.39 is 0 Å². The quantitative estimate of drug-likeness (QED) is 0.470. The van der Waals surface area contributed by atoms with Crippen LogP contribution in [0.25, 0.3) is 0 Å². The van der Waals surface area contributed by atoms with Gasteiger partial charge in [-0.1, -0.05) is 0 Å². The van der Waals surface area contributed by atoms with Crippen molar-refractivity contribution in [2.24, 2.45) is 0 Å². The minimum atomic E-state index is -0.0921. The van der Waals surface area contributed by atoms with E-state index in [0.717, 1.165) is 19.4 Å². The molecule has 0 radical (unpaired) electrons. The minimum absolute atomic E-state index is 0.0921. The van der Waals surface area contributed by atoms with Crippen LogP contribution in [0.1, 0.15) is 19.3 Å². The molecule has 1 aliphatic rings. The van der Waals surface area contributed by atoms with Gasteiger partial charge in [-0.05, 0) is 12.8 Å². The van der Waals surface area contributed by atoms with Gasteiger partial charge in [0.25, 0.3) is 0 Å². The van der Waals surface area contributed by atoms with Gasteiger partial charge in [0.2, 0.25) is 0 Å². The smallest absolute Gasteiger partial charge is 0.305 e. The second-order valence-corrected chi connectivity index (χ2v) is 2.29. The van der Waals surface area contributed by atoms with Crippen LogP contribution in [-0.4, -0.2) is 25.8 Å². The highest BCUT2D eigenvalue weighted by atomic mass is 16.6. The summed E-state index contributed by atoms with van der Waals surface area (Å²) < 4.78 is 9.92. The molecule has 1 fully saturated rings. The lowest BCUT2D eigenvalue weighted by molar-refractivity contribution is -0.144. The van der Waals surface area contributed by atoms with Gasteiger partial charge in [0, 0.05) is 13.0 Å². The molecular formula is C7H12O3. The average Bonchev–Trinajstić information content (AvgIpc) is 2.02. The first-order chi connectivity index (χ1) is 4.89. The van der Waals surface area contributed by atoms with Gasteiger partial charge in [-0.2, -0.15) is 0 Å². The van der Waals surface area contributed by atoms with Crippen molar-refractivity contribution < 1.29 is 14.3 Å². The Morgan fingerprint density at radius 3 is 2.90 bits per heavy atom. The molecule has 0 saturated carbocycles. The van der Waals surface area contributed by atoms with Crippen molar-refractivity contribution in [3.8, 4) is 0 Å². The fourth-order valence-corrected chi connectivity index (χ4v) is 0.862. The molecule has 1 heterocycles. The molecule has 0 aromatic rings. The first kappa shape index (κ1) is 7.54. The number of rotatable bonds is 0. The summed E-state index contributed by atoms with van der Waals surface area (Å²) in [6.45, 7) is 1.72. The van der Waals surface area contributed by atoms with Crippen molar-refractivity contribution in [3.63, 3.8) is 0 Å². The lowest BCUT2D eigenvalue weighted by atomic mass is 10.2. The molecule has 0 aromatic carbocycles. The van der Waals surface area contributed by atoms with E-state index in [0.29, 0.717) is 19.6 Å². The Kier molecular flexibility index (Phi) is 3.22. The predicted molar refractivity (Wildman–Crippen MR) is 35.6 cm³/mol. The van der Waals surface area contributed by atoms with Crippen molar-refractivity contribution in [2.45, 2.75) is 19.3 Å². The van der Waals surface area contributed by atoms with Crippen molar-refractivity contribution >= 4 is 5.97 Å². The number of esters is 1. The molecule has 10 heavy (non-hydrogen) atoms. The van der Waals surface area contributed by atoms with Gasteiger partial charge < -0.3 is 9.47 Å². The van der Waals surface area contributed by atoms with Crippen LogP contribution in [-0.2, 0) is 14.3 Å². The first-order valence-corrected chi connectivity index (χ1v) is 3.63. The Balaban J connectivity index is 2.21. The molecule has 0 N–H and O–H groups in total. The third-order valence-electron chi connectivity index (χ3n) is 1.41. The Bertz CT molecular complexity index is 99.4. The monoisotopic (exact) mass is 144 g/mol. The van der Waals surface area contributed by atoms with Crippen molar-refractivity contribution in [2.75, 3.05) is 19.8 Å². The highest BCUT2D eigenvalue weighted by Crippen LogP contribution is 2.00. The highest BCUT2D eigenvalue weighted by molar-refractivity contribution is 5.69. The number of ether oxygens (including phenoxy) is 2. The third-order valence-corrected chi connectivity index (χ3v) is 1.41. The predicted octanol–water partition coefficient (Wildman–Crippen LogP) is 0.730. The van der Waals surface area contributed by atoms with E-state index in [4.69, 9.17) is 9.47 Å². The maximum absolute atomic E-state index is 10.7. The van der Waals surface area contributed by atoms with Crippen molar-refractivity contribution in [3.05, 3.63) is 0 Å². The van der Waals surface area contributed by atoms with Crippen LogP contribution in [0.15, 0.2) is 0 Å². The minimum Gasteiger partial charge on any atom is -0.463 e. The molecule has 0 bridgehead atoms. The van der Waals surface area contributed by atoms with E-state index >= 15 is 0 Å². The van der Waals surface area contributed by atoms with E-state index in [1.807, 2.05) is 0 Å². The lowest BCUT2D eigenvalue weighted by Gasteiger charge is -1.99. The second-order valence-electron chi connectivity index (χ2n) is 2.29. The zero-order chi connectivity index (χ0) is 7.23. The van der Waals surface area contributed by atoms with Crippen LogP contribution in [0, 0.1) is 0 Å². The molecule has 3 heteroatoms. The average molecular weight is 144 g/mol. The van der Waals surface area contributed by atoms with E-state index in [1.165, 1.54) is 0 Å². The van der Waals surface area contributed by atoms with E-state index in [2.05, 4.69) is 0 Å². The SMILES string of the molecule is O=C1CCCCOCCO1. The fourth-order valence-electron chi connectivity index (χ4n) is 0.862. The molecule has 0 spiro atoms. The van der Waals surface area contributed by atoms with Gasteiger partial charge in [-0.15, -0.1) is 0 Å². The summed E-state index contributed by atoms with van der Waals surface area (Å²) in [6, 6.07) is 0. The molecule has 1 aliphatic heterocycles. The maximum atomic E-state index is 10.7. The zero-order valence-corrected chi connectivity index (χ0v) is 5.97. The Hall–Kier alpha value is -0.570. The molecule has 0 atom stereocenters. The van der Waals surface area contributed by atoms with E-state index in [-0.39, 0.29) is 5.97 Å². The fraction of sp³-hybridized carbons (Fsp3) is 0.857.